The number of halogens is 3. The molecule has 0 unspecified atom stereocenters. The molecule has 0 saturated carbocycles. The maximum Gasteiger partial charge on any atom is 0.411 e. The van der Waals surface area contributed by atoms with Crippen LogP contribution in [0, 0.1) is 0 Å². The Hall–Kier alpha value is -0.370. The molecule has 2 atom stereocenters. The molecule has 0 spiro atoms. The average Bonchev–Trinajstić information content (AvgIpc) is 2.34. The number of β-amino-alcohol motifs (C(OH)–C–C–N with tert-alkyl or cyclic N) is 1. The first-order valence-electron chi connectivity index (χ1n) is 7.10. The van der Waals surface area contributed by atoms with Crippen LogP contribution >= 0.6 is 0 Å². The summed E-state index contributed by atoms with van der Waals surface area (Å²) in [5.41, 5.74) is 0. The highest BCUT2D eigenvalue weighted by molar-refractivity contribution is 4.82. The van der Waals surface area contributed by atoms with E-state index in [2.05, 4.69) is 21.5 Å². The van der Waals surface area contributed by atoms with Gasteiger partial charge in [-0.05, 0) is 13.3 Å². The van der Waals surface area contributed by atoms with E-state index in [1.807, 2.05) is 0 Å². The minimum atomic E-state index is -4.25. The van der Waals surface area contributed by atoms with E-state index in [4.69, 9.17) is 0 Å². The van der Waals surface area contributed by atoms with Gasteiger partial charge in [0.2, 0.25) is 0 Å². The maximum absolute atomic E-state index is 11.9. The molecule has 7 heteroatoms. The SMILES string of the molecule is CC[C@H]1CN(CCOCC(F)(F)F)CCN1C[C@@H](C)O. The minimum Gasteiger partial charge on any atom is -0.392 e. The summed E-state index contributed by atoms with van der Waals surface area (Å²) >= 11 is 0. The fourth-order valence-corrected chi connectivity index (χ4v) is 2.51. The Morgan fingerprint density at radius 2 is 2.05 bits per heavy atom. The van der Waals surface area contributed by atoms with E-state index in [1.165, 1.54) is 0 Å². The van der Waals surface area contributed by atoms with Gasteiger partial charge >= 0.3 is 6.18 Å². The van der Waals surface area contributed by atoms with Crippen LogP contribution in [0.5, 0.6) is 0 Å². The van der Waals surface area contributed by atoms with Gasteiger partial charge in [0.1, 0.15) is 6.61 Å². The molecule has 1 heterocycles. The third-order valence-electron chi connectivity index (χ3n) is 3.48. The van der Waals surface area contributed by atoms with Gasteiger partial charge in [0.25, 0.3) is 0 Å². The van der Waals surface area contributed by atoms with Crippen molar-refractivity contribution in [2.24, 2.45) is 0 Å². The van der Waals surface area contributed by atoms with Crippen molar-refractivity contribution in [2.75, 3.05) is 45.9 Å². The molecule has 1 rings (SSSR count). The summed E-state index contributed by atoms with van der Waals surface area (Å²) in [4.78, 5) is 4.38. The van der Waals surface area contributed by atoms with E-state index in [1.54, 1.807) is 6.92 Å². The molecule has 1 aliphatic heterocycles. The number of alkyl halides is 3. The second kappa shape index (κ2) is 8.17. The molecule has 120 valence electrons. The third kappa shape index (κ3) is 6.88. The van der Waals surface area contributed by atoms with Gasteiger partial charge in [0.05, 0.1) is 12.7 Å². The van der Waals surface area contributed by atoms with Crippen molar-refractivity contribution in [1.29, 1.82) is 0 Å². The van der Waals surface area contributed by atoms with Crippen LogP contribution in [-0.4, -0.2) is 79.2 Å². The average molecular weight is 298 g/mol. The van der Waals surface area contributed by atoms with E-state index in [9.17, 15) is 18.3 Å². The first-order chi connectivity index (χ1) is 9.31. The molecule has 1 N–H and O–H groups in total. The number of nitrogens with zero attached hydrogens (tertiary/aromatic N) is 2. The van der Waals surface area contributed by atoms with Gasteiger partial charge in [0.15, 0.2) is 0 Å². The number of aliphatic hydroxyl groups excluding tert-OH is 1. The fourth-order valence-electron chi connectivity index (χ4n) is 2.51. The van der Waals surface area contributed by atoms with Crippen LogP contribution in [-0.2, 0) is 4.74 Å². The summed E-state index contributed by atoms with van der Waals surface area (Å²) < 4.78 is 40.5. The van der Waals surface area contributed by atoms with E-state index in [0.29, 0.717) is 19.1 Å². The van der Waals surface area contributed by atoms with Crippen molar-refractivity contribution in [3.05, 3.63) is 0 Å². The van der Waals surface area contributed by atoms with Gasteiger partial charge < -0.3 is 9.84 Å². The van der Waals surface area contributed by atoms with Crippen molar-refractivity contribution in [3.8, 4) is 0 Å². The van der Waals surface area contributed by atoms with E-state index < -0.39 is 12.8 Å². The van der Waals surface area contributed by atoms with Gasteiger partial charge in [-0.15, -0.1) is 0 Å². The second-order valence-corrected chi connectivity index (χ2v) is 5.37. The molecule has 1 saturated heterocycles. The summed E-state index contributed by atoms with van der Waals surface area (Å²) in [6, 6.07) is 0.348. The first kappa shape index (κ1) is 17.7. The molecule has 0 radical (unpaired) electrons. The number of ether oxygens (including phenoxy) is 1. The van der Waals surface area contributed by atoms with Crippen LogP contribution in [0.2, 0.25) is 0 Å². The smallest absolute Gasteiger partial charge is 0.392 e. The van der Waals surface area contributed by atoms with E-state index >= 15 is 0 Å². The maximum atomic E-state index is 11.9. The number of piperazine rings is 1. The summed E-state index contributed by atoms with van der Waals surface area (Å²) in [7, 11) is 0. The van der Waals surface area contributed by atoms with Gasteiger partial charge in [-0.2, -0.15) is 13.2 Å². The molecule has 1 aliphatic rings. The van der Waals surface area contributed by atoms with Crippen molar-refractivity contribution in [3.63, 3.8) is 0 Å². The zero-order valence-corrected chi connectivity index (χ0v) is 12.2. The van der Waals surface area contributed by atoms with Crippen molar-refractivity contribution in [1.82, 2.24) is 9.80 Å². The normalized spacial score (nSPS) is 24.0. The molecule has 0 aromatic heterocycles. The molecule has 1 fully saturated rings. The van der Waals surface area contributed by atoms with Gasteiger partial charge in [-0.3, -0.25) is 9.80 Å². The fraction of sp³-hybridized carbons (Fsp3) is 1.00. The van der Waals surface area contributed by atoms with Gasteiger partial charge in [-0.25, -0.2) is 0 Å². The van der Waals surface area contributed by atoms with Crippen LogP contribution in [0.3, 0.4) is 0 Å². The van der Waals surface area contributed by atoms with Gasteiger partial charge in [0, 0.05) is 38.8 Å². The van der Waals surface area contributed by atoms with Crippen LogP contribution < -0.4 is 0 Å². The molecule has 20 heavy (non-hydrogen) atoms. The van der Waals surface area contributed by atoms with Crippen molar-refractivity contribution >= 4 is 0 Å². The van der Waals surface area contributed by atoms with Crippen LogP contribution in [0.25, 0.3) is 0 Å². The molecule has 0 aromatic carbocycles. The molecular formula is C13H25F3N2O2. The lowest BCUT2D eigenvalue weighted by atomic mass is 10.1. The first-order valence-corrected chi connectivity index (χ1v) is 7.10. The zero-order chi connectivity index (χ0) is 15.2. The lowest BCUT2D eigenvalue weighted by Gasteiger charge is -2.41. The van der Waals surface area contributed by atoms with Crippen molar-refractivity contribution in [2.45, 2.75) is 38.6 Å². The second-order valence-electron chi connectivity index (χ2n) is 5.37. The molecule has 0 aliphatic carbocycles. The number of rotatable bonds is 7. The number of hydrogen-bond acceptors (Lipinski definition) is 4. The summed E-state index contributed by atoms with van der Waals surface area (Å²) in [5, 5.41) is 9.45. The minimum absolute atomic E-state index is 0.104. The summed E-state index contributed by atoms with van der Waals surface area (Å²) in [6.45, 7) is 6.41. The molecular weight excluding hydrogens is 273 g/mol. The molecule has 0 amide bonds. The Bertz CT molecular complexity index is 275. The summed E-state index contributed by atoms with van der Waals surface area (Å²) in [6.07, 6.45) is -3.64. The lowest BCUT2D eigenvalue weighted by molar-refractivity contribution is -0.174. The van der Waals surface area contributed by atoms with E-state index in [-0.39, 0.29) is 12.7 Å². The predicted molar refractivity (Wildman–Crippen MR) is 70.6 cm³/mol. The highest BCUT2D eigenvalue weighted by atomic mass is 19.4. The molecule has 0 bridgehead atoms. The van der Waals surface area contributed by atoms with Crippen LogP contribution in [0.15, 0.2) is 0 Å². The summed E-state index contributed by atoms with van der Waals surface area (Å²) in [5.74, 6) is 0. The van der Waals surface area contributed by atoms with Gasteiger partial charge in [-0.1, -0.05) is 6.92 Å². The Balaban J connectivity index is 2.26. The molecule has 4 nitrogen and oxygen atoms in total. The van der Waals surface area contributed by atoms with E-state index in [0.717, 1.165) is 26.1 Å². The lowest BCUT2D eigenvalue weighted by Crippen LogP contribution is -2.54. The monoisotopic (exact) mass is 298 g/mol. The quantitative estimate of drug-likeness (QED) is 0.720. The Labute approximate surface area is 118 Å². The Kier molecular flexibility index (Phi) is 7.22. The number of hydrogen-bond donors (Lipinski definition) is 1. The Morgan fingerprint density at radius 3 is 2.60 bits per heavy atom. The third-order valence-corrected chi connectivity index (χ3v) is 3.48. The molecule has 0 aromatic rings. The predicted octanol–water partition coefficient (Wildman–Crippen LogP) is 1.34. The Morgan fingerprint density at radius 1 is 1.35 bits per heavy atom. The standard InChI is InChI=1S/C13H25F3N2O2/c1-3-12-9-17(4-5-18(12)8-11(2)19)6-7-20-10-13(14,15)16/h11-12,19H,3-10H2,1-2H3/t11-,12+/m1/s1. The topological polar surface area (TPSA) is 35.9 Å². The van der Waals surface area contributed by atoms with Crippen molar-refractivity contribution < 1.29 is 23.0 Å². The van der Waals surface area contributed by atoms with Crippen LogP contribution in [0.1, 0.15) is 20.3 Å². The highest BCUT2D eigenvalue weighted by Gasteiger charge is 2.28. The zero-order valence-electron chi connectivity index (χ0n) is 12.2. The number of aliphatic hydroxyl groups is 1. The highest BCUT2D eigenvalue weighted by Crippen LogP contribution is 2.15. The largest absolute Gasteiger partial charge is 0.411 e. The van der Waals surface area contributed by atoms with Crippen LogP contribution in [0.4, 0.5) is 13.2 Å².